The summed E-state index contributed by atoms with van der Waals surface area (Å²) in [5.74, 6) is -0.728. The van der Waals surface area contributed by atoms with Crippen molar-refractivity contribution in [3.05, 3.63) is 131 Å². The number of rotatable bonds is 6. The number of pyridine rings is 2. The molecule has 4 N–H and O–H groups in total. The quantitative estimate of drug-likeness (QED) is 0.120. The first-order chi connectivity index (χ1) is 17.5. The van der Waals surface area contributed by atoms with Crippen LogP contribution in [0.2, 0.25) is 0 Å². The molecule has 0 amide bonds. The van der Waals surface area contributed by atoms with Gasteiger partial charge in [-0.2, -0.15) is 10.2 Å². The summed E-state index contributed by atoms with van der Waals surface area (Å²) in [4.78, 5) is 7.68. The Hall–Kier alpha value is -4.60. The molecule has 2 aromatic carbocycles. The molecule has 0 saturated carbocycles. The van der Waals surface area contributed by atoms with Crippen molar-refractivity contribution in [1.82, 2.24) is 9.97 Å². The fourth-order valence-electron chi connectivity index (χ4n) is 2.59. The van der Waals surface area contributed by atoms with Gasteiger partial charge in [0.1, 0.15) is 11.6 Å². The fourth-order valence-corrected chi connectivity index (χ4v) is 2.59. The molecule has 4 aromatic rings. The zero-order chi connectivity index (χ0) is 25.6. The average Bonchev–Trinajstić information content (AvgIpc) is 2.92. The first-order valence-corrected chi connectivity index (χ1v) is 10.5. The Labute approximate surface area is 222 Å². The summed E-state index contributed by atoms with van der Waals surface area (Å²) in [5, 5.41) is 30.1. The summed E-state index contributed by atoms with van der Waals surface area (Å²) in [6, 6.07) is 19.1. The summed E-state index contributed by atoms with van der Waals surface area (Å²) in [6.07, 6.45) is 8.84. The number of halogens is 2. The summed E-state index contributed by atoms with van der Waals surface area (Å²) < 4.78 is 26.5. The van der Waals surface area contributed by atoms with Gasteiger partial charge in [0.2, 0.25) is 0 Å². The molecule has 2 aromatic heterocycles. The molecule has 8 nitrogen and oxygen atoms in total. The van der Waals surface area contributed by atoms with Crippen LogP contribution in [0.25, 0.3) is 0 Å². The van der Waals surface area contributed by atoms with E-state index in [1.54, 1.807) is 85.5 Å². The molecular weight excluding hydrogens is 530 g/mol. The van der Waals surface area contributed by atoms with E-state index in [1.807, 2.05) is 0 Å². The van der Waals surface area contributed by atoms with Crippen molar-refractivity contribution in [2.75, 3.05) is 0 Å². The Bertz CT molecular complexity index is 1280. The first kappa shape index (κ1) is 28.6. The number of benzene rings is 2. The minimum Gasteiger partial charge on any atom is -0.577 e. The van der Waals surface area contributed by atoms with Crippen molar-refractivity contribution in [1.29, 1.82) is 0 Å². The maximum Gasteiger partial charge on any atom is 0.383 e. The van der Waals surface area contributed by atoms with Crippen molar-refractivity contribution in [3.8, 4) is 0 Å². The minimum absolute atomic E-state index is 0. The van der Waals surface area contributed by atoms with Gasteiger partial charge in [0, 0.05) is 53.0 Å². The summed E-state index contributed by atoms with van der Waals surface area (Å²) in [7, 11) is 0. The van der Waals surface area contributed by atoms with Crippen LogP contribution in [0.4, 0.5) is 8.78 Å². The summed E-state index contributed by atoms with van der Waals surface area (Å²) >= 11 is 0. The molecule has 0 aliphatic heterocycles. The van der Waals surface area contributed by atoms with Crippen molar-refractivity contribution in [2.24, 2.45) is 20.4 Å². The summed E-state index contributed by atoms with van der Waals surface area (Å²) in [5.41, 5.74) is 1.89. The number of aromatic nitrogens is 2. The van der Waals surface area contributed by atoms with Crippen LogP contribution in [-0.2, 0) is 17.1 Å². The van der Waals surface area contributed by atoms with Crippen LogP contribution >= 0.6 is 0 Å². The third-order valence-corrected chi connectivity index (χ3v) is 4.43. The first-order valence-electron chi connectivity index (χ1n) is 10.5. The van der Waals surface area contributed by atoms with Gasteiger partial charge in [-0.3, -0.25) is 9.97 Å². The number of hydrogen-bond acceptors (Lipinski definition) is 6. The van der Waals surface area contributed by atoms with Crippen molar-refractivity contribution >= 4 is 24.2 Å². The van der Waals surface area contributed by atoms with E-state index in [-0.39, 0.29) is 40.5 Å². The van der Waals surface area contributed by atoms with Crippen LogP contribution in [0, 0.1) is 11.6 Å². The van der Waals surface area contributed by atoms with Crippen molar-refractivity contribution in [3.63, 3.8) is 0 Å². The van der Waals surface area contributed by atoms with Crippen molar-refractivity contribution < 1.29 is 36.1 Å². The smallest absolute Gasteiger partial charge is 0.383 e. The van der Waals surface area contributed by atoms with Gasteiger partial charge in [0.05, 0.1) is 23.6 Å². The van der Waals surface area contributed by atoms with Gasteiger partial charge in [-0.15, -0.1) is 0 Å². The maximum absolute atomic E-state index is 13.2. The molecule has 0 aliphatic carbocycles. The van der Waals surface area contributed by atoms with Crippen LogP contribution in [0.3, 0.4) is 0 Å². The van der Waals surface area contributed by atoms with E-state index >= 15 is 0 Å². The Kier molecular flexibility index (Phi) is 11.9. The predicted octanol–water partition coefficient (Wildman–Crippen LogP) is 3.45. The second-order valence-corrected chi connectivity index (χ2v) is 6.90. The second-order valence-electron chi connectivity index (χ2n) is 6.90. The largest absolute Gasteiger partial charge is 0.577 e. The molecule has 1 radical (unpaired) electrons. The van der Waals surface area contributed by atoms with E-state index in [2.05, 4.69) is 30.4 Å². The average molecular weight is 552 g/mol. The van der Waals surface area contributed by atoms with Gasteiger partial charge in [-0.1, -0.05) is 46.6 Å². The Balaban J connectivity index is 0.000000253. The van der Waals surface area contributed by atoms with Crippen LogP contribution < -0.4 is 0 Å². The van der Waals surface area contributed by atoms with Gasteiger partial charge >= 0.3 is 11.8 Å². The molecule has 0 bridgehead atoms. The maximum atomic E-state index is 13.2. The molecule has 191 valence electrons. The minimum atomic E-state index is -0.369. The van der Waals surface area contributed by atoms with Crippen LogP contribution in [-0.4, -0.2) is 44.4 Å². The second kappa shape index (κ2) is 15.4. The van der Waals surface area contributed by atoms with E-state index in [0.717, 1.165) is 0 Å². The predicted molar refractivity (Wildman–Crippen MR) is 137 cm³/mol. The summed E-state index contributed by atoms with van der Waals surface area (Å²) in [6.45, 7) is 0. The molecule has 2 heterocycles. The van der Waals surface area contributed by atoms with E-state index in [4.69, 9.17) is 10.2 Å². The molecule has 11 heteroatoms. The molecule has 0 fully saturated rings. The third-order valence-electron chi connectivity index (χ3n) is 4.43. The van der Waals surface area contributed by atoms with Gasteiger partial charge in [0.15, 0.2) is 0 Å². The molecular formula is C26H22CuF2N6O2+2. The van der Waals surface area contributed by atoms with E-state index in [0.29, 0.717) is 22.3 Å². The van der Waals surface area contributed by atoms with E-state index in [1.165, 1.54) is 24.6 Å². The fraction of sp³-hybridized carbons (Fsp3) is 0. The van der Waals surface area contributed by atoms with Gasteiger partial charge < -0.3 is 10.2 Å². The van der Waals surface area contributed by atoms with E-state index in [9.17, 15) is 8.78 Å². The van der Waals surface area contributed by atoms with Crippen LogP contribution in [0.5, 0.6) is 0 Å². The van der Waals surface area contributed by atoms with Gasteiger partial charge in [0.25, 0.3) is 0 Å². The zero-order valence-corrected chi connectivity index (χ0v) is 20.1. The zero-order valence-electron chi connectivity index (χ0n) is 19.1. The molecule has 0 aliphatic rings. The van der Waals surface area contributed by atoms with Gasteiger partial charge in [-0.25, -0.2) is 8.78 Å². The number of nitrogens with zero attached hydrogens (tertiary/aromatic N) is 6. The molecule has 0 atom stereocenters. The van der Waals surface area contributed by atoms with Crippen molar-refractivity contribution in [2.45, 2.75) is 0 Å². The van der Waals surface area contributed by atoms with Crippen LogP contribution in [0.1, 0.15) is 22.3 Å². The molecule has 0 spiro atoms. The Morgan fingerprint density at radius 3 is 1.30 bits per heavy atom. The topological polar surface area (TPSA) is 121 Å². The molecule has 37 heavy (non-hydrogen) atoms. The third kappa shape index (κ3) is 9.52. The normalized spacial score (nSPS) is 11.6. The standard InChI is InChI=1S/2C13H10FN3O.Cu/c2*14-12-4-2-1-3-11(12)9-16-17-13(18)10-5-7-15-8-6-10;/h2*1-9H,(H,17,18);/p+2/b2*16-9-;. The van der Waals surface area contributed by atoms with Gasteiger partial charge in [-0.05, 0) is 36.4 Å². The van der Waals surface area contributed by atoms with E-state index < -0.39 is 0 Å². The Morgan fingerprint density at radius 1 is 0.595 bits per heavy atom. The molecule has 0 saturated heterocycles. The monoisotopic (exact) mass is 551 g/mol. The SMILES string of the molecule is [Cu].[OH2+]/C(=N\N=C/c1ccccc1F)c1ccncc1.[OH2+]/C(=N\N=C/c1ccccc1F)c1ccncc1. The Morgan fingerprint density at radius 2 is 0.946 bits per heavy atom. The molecule has 0 unspecified atom stereocenters. The molecule has 4 rings (SSSR count). The van der Waals surface area contributed by atoms with Crippen LogP contribution in [0.15, 0.2) is 118 Å². The number of hydrogen-bond donors (Lipinski definition) is 0.